The van der Waals surface area contributed by atoms with Gasteiger partial charge in [0.15, 0.2) is 0 Å². The van der Waals surface area contributed by atoms with Crippen molar-refractivity contribution in [1.29, 1.82) is 0 Å². The normalized spacial score (nSPS) is 10.6. The molecule has 0 radical (unpaired) electrons. The third-order valence-corrected chi connectivity index (χ3v) is 3.86. The first kappa shape index (κ1) is 13.1. The molecule has 2 heterocycles. The highest BCUT2D eigenvalue weighted by Crippen LogP contribution is 2.22. The van der Waals surface area contributed by atoms with Crippen molar-refractivity contribution < 1.29 is 9.84 Å². The van der Waals surface area contributed by atoms with Crippen molar-refractivity contribution >= 4 is 11.3 Å². The number of aromatic nitrogens is 1. The largest absolute Gasteiger partial charge is 0.486 e. The van der Waals surface area contributed by atoms with Crippen LogP contribution in [-0.4, -0.2) is 10.1 Å². The molecule has 4 heteroatoms. The summed E-state index contributed by atoms with van der Waals surface area (Å²) in [5.74, 6) is 0.662. The summed E-state index contributed by atoms with van der Waals surface area (Å²) >= 11 is 1.76. The topological polar surface area (TPSA) is 42.4 Å². The number of aliphatic hydroxyl groups excluding tert-OH is 1. The van der Waals surface area contributed by atoms with Crippen LogP contribution in [0.1, 0.15) is 28.1 Å². The maximum atomic E-state index is 9.24. The van der Waals surface area contributed by atoms with Crippen molar-refractivity contribution in [3.8, 4) is 5.75 Å². The molecule has 18 heavy (non-hydrogen) atoms. The lowest BCUT2D eigenvalue weighted by Gasteiger charge is -2.09. The molecule has 0 bridgehead atoms. The second-order valence-electron chi connectivity index (χ2n) is 4.07. The Morgan fingerprint density at radius 1 is 1.22 bits per heavy atom. The van der Waals surface area contributed by atoms with Gasteiger partial charge in [-0.1, -0.05) is 6.92 Å². The molecular formula is C14H17NO2S. The van der Waals surface area contributed by atoms with E-state index in [1.165, 1.54) is 9.75 Å². The Bertz CT molecular complexity index is 522. The first-order valence-corrected chi connectivity index (χ1v) is 6.82. The summed E-state index contributed by atoms with van der Waals surface area (Å²) in [6, 6.07) is 7.97. The third kappa shape index (κ3) is 3.09. The molecular weight excluding hydrogens is 246 g/mol. The van der Waals surface area contributed by atoms with Crippen LogP contribution in [0.3, 0.4) is 0 Å². The van der Waals surface area contributed by atoms with Crippen LogP contribution in [-0.2, 0) is 19.6 Å². The summed E-state index contributed by atoms with van der Waals surface area (Å²) in [6.07, 6.45) is 1.05. The highest BCUT2D eigenvalue weighted by molar-refractivity contribution is 7.11. The molecule has 0 aliphatic carbocycles. The van der Waals surface area contributed by atoms with Crippen LogP contribution in [0.4, 0.5) is 0 Å². The Morgan fingerprint density at radius 3 is 2.67 bits per heavy atom. The van der Waals surface area contributed by atoms with E-state index in [-0.39, 0.29) is 6.61 Å². The second kappa shape index (κ2) is 5.98. The Balaban J connectivity index is 2.05. The minimum atomic E-state index is -0.0956. The van der Waals surface area contributed by atoms with Crippen molar-refractivity contribution in [1.82, 2.24) is 4.98 Å². The highest BCUT2D eigenvalue weighted by Gasteiger charge is 2.06. The van der Waals surface area contributed by atoms with Gasteiger partial charge >= 0.3 is 0 Å². The minimum Gasteiger partial charge on any atom is -0.486 e. The van der Waals surface area contributed by atoms with Gasteiger partial charge in [-0.2, -0.15) is 0 Å². The van der Waals surface area contributed by atoms with Crippen LogP contribution in [0.2, 0.25) is 0 Å². The zero-order valence-electron chi connectivity index (χ0n) is 10.6. The first-order valence-electron chi connectivity index (χ1n) is 6.00. The van der Waals surface area contributed by atoms with Gasteiger partial charge in [-0.05, 0) is 37.6 Å². The molecule has 0 spiro atoms. The van der Waals surface area contributed by atoms with E-state index in [2.05, 4.69) is 24.0 Å². The summed E-state index contributed by atoms with van der Waals surface area (Å²) < 4.78 is 5.71. The SMILES string of the molecule is CCc1ccc(COc2ccc(C)nc2CO)s1. The molecule has 0 aliphatic heterocycles. The highest BCUT2D eigenvalue weighted by atomic mass is 32.1. The number of hydrogen-bond acceptors (Lipinski definition) is 4. The van der Waals surface area contributed by atoms with Crippen molar-refractivity contribution in [3.63, 3.8) is 0 Å². The Kier molecular flexibility index (Phi) is 4.33. The first-order chi connectivity index (χ1) is 8.72. The number of pyridine rings is 1. The quantitative estimate of drug-likeness (QED) is 0.901. The average Bonchev–Trinajstić information content (AvgIpc) is 2.85. The third-order valence-electron chi connectivity index (χ3n) is 2.66. The van der Waals surface area contributed by atoms with Gasteiger partial charge in [-0.15, -0.1) is 11.3 Å². The van der Waals surface area contributed by atoms with E-state index in [9.17, 15) is 5.11 Å². The molecule has 2 rings (SSSR count). The summed E-state index contributed by atoms with van der Waals surface area (Å²) in [4.78, 5) is 6.80. The maximum Gasteiger partial charge on any atom is 0.143 e. The number of rotatable bonds is 5. The second-order valence-corrected chi connectivity index (χ2v) is 5.32. The fraction of sp³-hybridized carbons (Fsp3) is 0.357. The lowest BCUT2D eigenvalue weighted by atomic mass is 10.3. The van der Waals surface area contributed by atoms with Crippen LogP contribution in [0.5, 0.6) is 5.75 Å². The van der Waals surface area contributed by atoms with Gasteiger partial charge in [-0.3, -0.25) is 4.98 Å². The number of ether oxygens (including phenoxy) is 1. The molecule has 2 aromatic heterocycles. The summed E-state index contributed by atoms with van der Waals surface area (Å²) in [5, 5.41) is 9.24. The molecule has 0 fully saturated rings. The molecule has 1 N–H and O–H groups in total. The fourth-order valence-corrected chi connectivity index (χ4v) is 2.55. The molecule has 2 aromatic rings. The van der Waals surface area contributed by atoms with Crippen molar-refractivity contribution in [2.75, 3.05) is 0 Å². The molecule has 0 unspecified atom stereocenters. The van der Waals surface area contributed by atoms with E-state index in [0.717, 1.165) is 12.1 Å². The number of hydrogen-bond donors (Lipinski definition) is 1. The van der Waals surface area contributed by atoms with E-state index in [1.54, 1.807) is 11.3 Å². The molecule has 96 valence electrons. The number of nitrogens with zero attached hydrogens (tertiary/aromatic N) is 1. The van der Waals surface area contributed by atoms with Gasteiger partial charge in [0.05, 0.1) is 6.61 Å². The zero-order valence-corrected chi connectivity index (χ0v) is 11.5. The van der Waals surface area contributed by atoms with Crippen molar-refractivity contribution in [2.45, 2.75) is 33.5 Å². The number of aryl methyl sites for hydroxylation is 2. The predicted molar refractivity (Wildman–Crippen MR) is 72.9 cm³/mol. The van der Waals surface area contributed by atoms with E-state index < -0.39 is 0 Å². The molecule has 0 aromatic carbocycles. The average molecular weight is 263 g/mol. The maximum absolute atomic E-state index is 9.24. The van der Waals surface area contributed by atoms with Crippen LogP contribution >= 0.6 is 11.3 Å². The zero-order chi connectivity index (χ0) is 13.0. The van der Waals surface area contributed by atoms with Gasteiger partial charge in [0.25, 0.3) is 0 Å². The fourth-order valence-electron chi connectivity index (χ4n) is 1.68. The summed E-state index contributed by atoms with van der Waals surface area (Å²) in [7, 11) is 0. The predicted octanol–water partition coefficient (Wildman–Crippen LogP) is 3.09. The molecule has 0 aliphatic rings. The molecule has 0 amide bonds. The van der Waals surface area contributed by atoms with Gasteiger partial charge in [0.1, 0.15) is 18.1 Å². The van der Waals surface area contributed by atoms with E-state index in [0.29, 0.717) is 18.1 Å². The van der Waals surface area contributed by atoms with Crippen LogP contribution in [0.15, 0.2) is 24.3 Å². The smallest absolute Gasteiger partial charge is 0.143 e. The Morgan fingerprint density at radius 2 is 2.00 bits per heavy atom. The lowest BCUT2D eigenvalue weighted by Crippen LogP contribution is -2.00. The Hall–Kier alpha value is -1.39. The number of thiophene rings is 1. The van der Waals surface area contributed by atoms with E-state index in [4.69, 9.17) is 4.74 Å². The molecule has 0 saturated carbocycles. The molecule has 0 saturated heterocycles. The summed E-state index contributed by atoms with van der Waals surface area (Å²) in [5.41, 5.74) is 1.48. The van der Waals surface area contributed by atoms with Gasteiger partial charge in [0, 0.05) is 15.4 Å². The Labute approximate surface area is 111 Å². The van der Waals surface area contributed by atoms with Crippen molar-refractivity contribution in [3.05, 3.63) is 45.4 Å². The monoisotopic (exact) mass is 263 g/mol. The van der Waals surface area contributed by atoms with Gasteiger partial charge < -0.3 is 9.84 Å². The molecule has 3 nitrogen and oxygen atoms in total. The summed E-state index contributed by atoms with van der Waals surface area (Å²) in [6.45, 7) is 4.48. The van der Waals surface area contributed by atoms with Gasteiger partial charge in [-0.25, -0.2) is 0 Å². The minimum absolute atomic E-state index is 0.0956. The number of aliphatic hydroxyl groups is 1. The lowest BCUT2D eigenvalue weighted by molar-refractivity contribution is 0.254. The van der Waals surface area contributed by atoms with Crippen LogP contribution in [0.25, 0.3) is 0 Å². The van der Waals surface area contributed by atoms with E-state index in [1.807, 2.05) is 19.1 Å². The van der Waals surface area contributed by atoms with Crippen LogP contribution in [0, 0.1) is 6.92 Å². The standard InChI is InChI=1S/C14H17NO2S/c1-3-11-5-6-12(18-11)9-17-14-7-4-10(2)15-13(14)8-16/h4-7,16H,3,8-9H2,1-2H3. The van der Waals surface area contributed by atoms with Gasteiger partial charge in [0.2, 0.25) is 0 Å². The molecule has 0 atom stereocenters. The van der Waals surface area contributed by atoms with Crippen LogP contribution < -0.4 is 4.74 Å². The van der Waals surface area contributed by atoms with E-state index >= 15 is 0 Å². The van der Waals surface area contributed by atoms with Crippen molar-refractivity contribution in [2.24, 2.45) is 0 Å².